The maximum Gasteiger partial charge on any atom is 0.407 e. The van der Waals surface area contributed by atoms with Gasteiger partial charge in [0.1, 0.15) is 0 Å². The summed E-state index contributed by atoms with van der Waals surface area (Å²) in [6.07, 6.45) is -0.899. The van der Waals surface area contributed by atoms with E-state index in [1.54, 1.807) is 0 Å². The molecule has 1 heterocycles. The molecule has 2 rings (SSSR count). The Hall–Kier alpha value is -1.07. The standard InChI is InChI=1S/C11H12BrNO3/c12-9-4-2-1-3-8(9)10-7-16-6-5-13(10)11(14)15/h1-4,10H,5-7H2,(H,14,15). The Morgan fingerprint density at radius 1 is 1.50 bits per heavy atom. The second-order valence-electron chi connectivity index (χ2n) is 3.59. The second-order valence-corrected chi connectivity index (χ2v) is 4.44. The highest BCUT2D eigenvalue weighted by Gasteiger charge is 2.29. The molecule has 0 bridgehead atoms. The number of carboxylic acid groups (broad SMARTS) is 1. The summed E-state index contributed by atoms with van der Waals surface area (Å²) in [5.74, 6) is 0. The van der Waals surface area contributed by atoms with Gasteiger partial charge >= 0.3 is 6.09 Å². The lowest BCUT2D eigenvalue weighted by Crippen LogP contribution is -2.42. The molecule has 0 saturated carbocycles. The smallest absolute Gasteiger partial charge is 0.407 e. The van der Waals surface area contributed by atoms with Gasteiger partial charge in [-0.15, -0.1) is 0 Å². The number of carbonyl (C=O) groups is 1. The molecule has 1 saturated heterocycles. The van der Waals surface area contributed by atoms with Gasteiger partial charge in [-0.3, -0.25) is 4.90 Å². The van der Waals surface area contributed by atoms with Crippen LogP contribution >= 0.6 is 15.9 Å². The van der Waals surface area contributed by atoms with Gasteiger partial charge in [-0.05, 0) is 11.6 Å². The maximum absolute atomic E-state index is 11.1. The fourth-order valence-electron chi connectivity index (χ4n) is 1.84. The van der Waals surface area contributed by atoms with E-state index in [1.807, 2.05) is 24.3 Å². The molecule has 4 nitrogen and oxygen atoms in total. The van der Waals surface area contributed by atoms with Crippen molar-refractivity contribution in [1.82, 2.24) is 4.90 Å². The fourth-order valence-corrected chi connectivity index (χ4v) is 2.38. The molecule has 0 aliphatic carbocycles. The van der Waals surface area contributed by atoms with Crippen LogP contribution in [0.2, 0.25) is 0 Å². The van der Waals surface area contributed by atoms with Crippen LogP contribution in [0, 0.1) is 0 Å². The predicted molar refractivity (Wildman–Crippen MR) is 62.4 cm³/mol. The van der Waals surface area contributed by atoms with Crippen molar-refractivity contribution in [3.63, 3.8) is 0 Å². The van der Waals surface area contributed by atoms with E-state index >= 15 is 0 Å². The summed E-state index contributed by atoms with van der Waals surface area (Å²) >= 11 is 3.43. The number of nitrogens with zero attached hydrogens (tertiary/aromatic N) is 1. The number of hydrogen-bond acceptors (Lipinski definition) is 2. The van der Waals surface area contributed by atoms with Crippen LogP contribution in [0.1, 0.15) is 11.6 Å². The van der Waals surface area contributed by atoms with Crippen molar-refractivity contribution < 1.29 is 14.6 Å². The minimum Gasteiger partial charge on any atom is -0.465 e. The average Bonchev–Trinajstić information content (AvgIpc) is 2.29. The first-order valence-corrected chi connectivity index (χ1v) is 5.81. The number of benzene rings is 1. The minimum atomic E-state index is -0.899. The third-order valence-electron chi connectivity index (χ3n) is 2.64. The molecule has 1 fully saturated rings. The average molecular weight is 286 g/mol. The Kier molecular flexibility index (Phi) is 3.46. The number of ether oxygens (including phenoxy) is 1. The van der Waals surface area contributed by atoms with E-state index in [0.717, 1.165) is 10.0 Å². The van der Waals surface area contributed by atoms with Crippen LogP contribution in [0.15, 0.2) is 28.7 Å². The predicted octanol–water partition coefficient (Wildman–Crippen LogP) is 2.50. The van der Waals surface area contributed by atoms with Gasteiger partial charge in [-0.2, -0.15) is 0 Å². The summed E-state index contributed by atoms with van der Waals surface area (Å²) in [5.41, 5.74) is 0.949. The molecule has 0 spiro atoms. The molecule has 0 radical (unpaired) electrons. The fraction of sp³-hybridized carbons (Fsp3) is 0.364. The van der Waals surface area contributed by atoms with E-state index in [0.29, 0.717) is 19.8 Å². The summed E-state index contributed by atoms with van der Waals surface area (Å²) in [6.45, 7) is 1.30. The van der Waals surface area contributed by atoms with E-state index in [2.05, 4.69) is 15.9 Å². The van der Waals surface area contributed by atoms with E-state index in [4.69, 9.17) is 9.84 Å². The van der Waals surface area contributed by atoms with Crippen LogP contribution < -0.4 is 0 Å². The maximum atomic E-state index is 11.1. The number of morpholine rings is 1. The highest BCUT2D eigenvalue weighted by Crippen LogP contribution is 2.29. The zero-order chi connectivity index (χ0) is 11.5. The molecule has 1 aliphatic rings. The summed E-state index contributed by atoms with van der Waals surface area (Å²) < 4.78 is 6.26. The Balaban J connectivity index is 2.30. The molecule has 1 unspecified atom stereocenters. The van der Waals surface area contributed by atoms with Gasteiger partial charge in [-0.1, -0.05) is 34.1 Å². The van der Waals surface area contributed by atoms with Crippen molar-refractivity contribution in [3.8, 4) is 0 Å². The molecular weight excluding hydrogens is 274 g/mol. The van der Waals surface area contributed by atoms with Crippen LogP contribution in [0.4, 0.5) is 4.79 Å². The summed E-state index contributed by atoms with van der Waals surface area (Å²) in [6, 6.07) is 7.40. The van der Waals surface area contributed by atoms with Crippen molar-refractivity contribution in [2.24, 2.45) is 0 Å². The van der Waals surface area contributed by atoms with Gasteiger partial charge in [0.15, 0.2) is 0 Å². The normalized spacial score (nSPS) is 20.8. The molecule has 1 aliphatic heterocycles. The molecule has 1 N–H and O–H groups in total. The molecule has 1 aromatic rings. The lowest BCUT2D eigenvalue weighted by atomic mass is 10.1. The monoisotopic (exact) mass is 285 g/mol. The van der Waals surface area contributed by atoms with Gasteiger partial charge in [0.2, 0.25) is 0 Å². The lowest BCUT2D eigenvalue weighted by molar-refractivity contribution is -0.00112. The lowest BCUT2D eigenvalue weighted by Gasteiger charge is -2.34. The van der Waals surface area contributed by atoms with E-state index < -0.39 is 6.09 Å². The van der Waals surface area contributed by atoms with E-state index in [-0.39, 0.29) is 6.04 Å². The van der Waals surface area contributed by atoms with Crippen molar-refractivity contribution >= 4 is 22.0 Å². The number of amides is 1. The number of rotatable bonds is 1. The molecule has 0 aromatic heterocycles. The second kappa shape index (κ2) is 4.84. The first-order chi connectivity index (χ1) is 7.70. The topological polar surface area (TPSA) is 49.8 Å². The van der Waals surface area contributed by atoms with Gasteiger partial charge in [0.05, 0.1) is 19.3 Å². The van der Waals surface area contributed by atoms with Crippen LogP contribution in [-0.4, -0.2) is 35.9 Å². The largest absolute Gasteiger partial charge is 0.465 e. The van der Waals surface area contributed by atoms with Crippen LogP contribution in [0.25, 0.3) is 0 Å². The first kappa shape index (κ1) is 11.4. The number of halogens is 1. The van der Waals surface area contributed by atoms with Crippen molar-refractivity contribution in [2.75, 3.05) is 19.8 Å². The zero-order valence-corrected chi connectivity index (χ0v) is 10.2. The molecule has 1 amide bonds. The summed E-state index contributed by atoms with van der Waals surface area (Å²) in [5, 5.41) is 9.12. The summed E-state index contributed by atoms with van der Waals surface area (Å²) in [7, 11) is 0. The first-order valence-electron chi connectivity index (χ1n) is 5.02. The van der Waals surface area contributed by atoms with Crippen LogP contribution in [0.3, 0.4) is 0 Å². The summed E-state index contributed by atoms with van der Waals surface area (Å²) in [4.78, 5) is 12.5. The Morgan fingerprint density at radius 3 is 2.94 bits per heavy atom. The molecule has 1 aromatic carbocycles. The van der Waals surface area contributed by atoms with Crippen molar-refractivity contribution in [3.05, 3.63) is 34.3 Å². The Bertz CT molecular complexity index is 397. The molecule has 86 valence electrons. The van der Waals surface area contributed by atoms with Crippen LogP contribution in [0.5, 0.6) is 0 Å². The van der Waals surface area contributed by atoms with Crippen LogP contribution in [-0.2, 0) is 4.74 Å². The van der Waals surface area contributed by atoms with Gasteiger partial charge < -0.3 is 9.84 Å². The third-order valence-corrected chi connectivity index (χ3v) is 3.36. The molecule has 16 heavy (non-hydrogen) atoms. The zero-order valence-electron chi connectivity index (χ0n) is 8.60. The molecule has 5 heteroatoms. The molecule has 1 atom stereocenters. The highest BCUT2D eigenvalue weighted by molar-refractivity contribution is 9.10. The Morgan fingerprint density at radius 2 is 2.25 bits per heavy atom. The van der Waals surface area contributed by atoms with Crippen molar-refractivity contribution in [1.29, 1.82) is 0 Å². The third kappa shape index (κ3) is 2.20. The SMILES string of the molecule is O=C(O)N1CCOCC1c1ccccc1Br. The number of hydrogen-bond donors (Lipinski definition) is 1. The Labute approximate surface area is 102 Å². The van der Waals surface area contributed by atoms with Gasteiger partial charge in [-0.25, -0.2) is 4.79 Å². The van der Waals surface area contributed by atoms with Crippen molar-refractivity contribution in [2.45, 2.75) is 6.04 Å². The molecular formula is C11H12BrNO3. The van der Waals surface area contributed by atoms with Gasteiger partial charge in [0, 0.05) is 11.0 Å². The van der Waals surface area contributed by atoms with Gasteiger partial charge in [0.25, 0.3) is 0 Å². The van der Waals surface area contributed by atoms with E-state index in [1.165, 1.54) is 4.90 Å². The quantitative estimate of drug-likeness (QED) is 0.863. The van der Waals surface area contributed by atoms with E-state index in [9.17, 15) is 4.79 Å². The minimum absolute atomic E-state index is 0.221. The highest BCUT2D eigenvalue weighted by atomic mass is 79.9.